The van der Waals surface area contributed by atoms with Crippen LogP contribution in [0.15, 0.2) is 11.6 Å². The van der Waals surface area contributed by atoms with Crippen molar-refractivity contribution in [1.82, 2.24) is 0 Å². The first-order valence-electron chi connectivity index (χ1n) is 6.32. The Balaban J connectivity index is 2.21. The first-order chi connectivity index (χ1) is 6.96. The van der Waals surface area contributed by atoms with Crippen molar-refractivity contribution < 1.29 is 5.11 Å². The van der Waals surface area contributed by atoms with E-state index in [1.807, 2.05) is 0 Å². The van der Waals surface area contributed by atoms with Crippen LogP contribution in [-0.4, -0.2) is 11.2 Å². The maximum absolute atomic E-state index is 10.5. The molecular weight excluding hydrogens is 184 g/mol. The van der Waals surface area contributed by atoms with Crippen LogP contribution in [0, 0.1) is 16.2 Å². The molecule has 0 aromatic carbocycles. The highest BCUT2D eigenvalue weighted by atomic mass is 16.3. The Labute approximate surface area is 92.6 Å². The molecule has 1 nitrogen and oxygen atoms in total. The molecule has 2 fully saturated rings. The Hall–Kier alpha value is -0.300. The molecule has 3 rings (SSSR count). The van der Waals surface area contributed by atoms with Gasteiger partial charge in [-0.1, -0.05) is 31.9 Å². The maximum Gasteiger partial charge on any atom is 0.0644 e. The van der Waals surface area contributed by atoms with E-state index in [1.54, 1.807) is 0 Å². The number of hydrogen-bond acceptors (Lipinski definition) is 1. The van der Waals surface area contributed by atoms with Crippen molar-refractivity contribution in [3.05, 3.63) is 11.6 Å². The molecule has 0 heterocycles. The normalized spacial score (nSPS) is 51.5. The van der Waals surface area contributed by atoms with Gasteiger partial charge < -0.3 is 5.11 Å². The van der Waals surface area contributed by atoms with E-state index >= 15 is 0 Å². The highest BCUT2D eigenvalue weighted by molar-refractivity contribution is 5.36. The maximum atomic E-state index is 10.5. The van der Waals surface area contributed by atoms with Crippen molar-refractivity contribution in [1.29, 1.82) is 0 Å². The van der Waals surface area contributed by atoms with E-state index < -0.39 is 0 Å². The lowest BCUT2D eigenvalue weighted by Gasteiger charge is -2.45. The Kier molecular flexibility index (Phi) is 1.65. The average Bonchev–Trinajstić information content (AvgIpc) is 2.68. The molecule has 3 aliphatic carbocycles. The molecule has 15 heavy (non-hydrogen) atoms. The summed E-state index contributed by atoms with van der Waals surface area (Å²) in [6, 6.07) is 0. The van der Waals surface area contributed by atoms with Crippen LogP contribution >= 0.6 is 0 Å². The highest BCUT2D eigenvalue weighted by Crippen LogP contribution is 2.76. The van der Waals surface area contributed by atoms with Gasteiger partial charge in [-0.25, -0.2) is 0 Å². The first-order valence-corrected chi connectivity index (χ1v) is 6.32. The zero-order chi connectivity index (χ0) is 10.9. The summed E-state index contributed by atoms with van der Waals surface area (Å²) in [6.07, 6.45) is 8.38. The topological polar surface area (TPSA) is 20.2 Å². The van der Waals surface area contributed by atoms with Gasteiger partial charge in [-0.05, 0) is 43.4 Å². The molecule has 0 bridgehead atoms. The second-order valence-electron chi connectivity index (χ2n) is 6.60. The molecule has 0 unspecified atom stereocenters. The minimum absolute atomic E-state index is 0.0891. The monoisotopic (exact) mass is 206 g/mol. The molecule has 0 aliphatic heterocycles. The molecule has 0 aromatic rings. The molecule has 1 N–H and O–H groups in total. The van der Waals surface area contributed by atoms with Gasteiger partial charge >= 0.3 is 0 Å². The molecule has 2 saturated carbocycles. The summed E-state index contributed by atoms with van der Waals surface area (Å²) in [5.41, 5.74) is 2.36. The lowest BCUT2D eigenvalue weighted by molar-refractivity contribution is 0.0160. The standard InChI is InChI=1S/C14H22O/c1-10-5-8-13-6-4-7-14(10,13)11(15)9-12(13,2)3/h5,11,15H,4,6-9H2,1-3H3/t11-,13-,14+/m0/s1. The SMILES string of the molecule is CC1=CC[C@]23CCC[C@]12[C@@H](O)CC3(C)C. The van der Waals surface area contributed by atoms with Gasteiger partial charge in [0.05, 0.1) is 6.10 Å². The van der Waals surface area contributed by atoms with E-state index in [1.165, 1.54) is 31.3 Å². The van der Waals surface area contributed by atoms with Crippen molar-refractivity contribution in [2.24, 2.45) is 16.2 Å². The number of aliphatic hydroxyl groups excluding tert-OH is 1. The van der Waals surface area contributed by atoms with Crippen LogP contribution in [0.25, 0.3) is 0 Å². The Morgan fingerprint density at radius 1 is 1.33 bits per heavy atom. The summed E-state index contributed by atoms with van der Waals surface area (Å²) in [4.78, 5) is 0. The number of rotatable bonds is 0. The smallest absolute Gasteiger partial charge is 0.0644 e. The summed E-state index contributed by atoms with van der Waals surface area (Å²) in [7, 11) is 0. The first kappa shape index (κ1) is 9.89. The van der Waals surface area contributed by atoms with Crippen LogP contribution in [0.4, 0.5) is 0 Å². The highest BCUT2D eigenvalue weighted by Gasteiger charge is 2.71. The summed E-state index contributed by atoms with van der Waals surface area (Å²) in [5.74, 6) is 0. The van der Waals surface area contributed by atoms with E-state index in [0.717, 1.165) is 6.42 Å². The van der Waals surface area contributed by atoms with Gasteiger partial charge in [0, 0.05) is 5.41 Å². The van der Waals surface area contributed by atoms with Gasteiger partial charge in [-0.2, -0.15) is 0 Å². The lowest BCUT2D eigenvalue weighted by Crippen LogP contribution is -2.41. The molecule has 0 spiro atoms. The molecule has 84 valence electrons. The summed E-state index contributed by atoms with van der Waals surface area (Å²) >= 11 is 0. The third kappa shape index (κ3) is 0.791. The van der Waals surface area contributed by atoms with E-state index in [4.69, 9.17) is 0 Å². The third-order valence-corrected chi connectivity index (χ3v) is 6.06. The van der Waals surface area contributed by atoms with Crippen LogP contribution in [0.2, 0.25) is 0 Å². The van der Waals surface area contributed by atoms with E-state index in [9.17, 15) is 5.11 Å². The van der Waals surface area contributed by atoms with Crippen molar-refractivity contribution in [2.45, 2.75) is 59.0 Å². The number of allylic oxidation sites excluding steroid dienone is 1. The Morgan fingerprint density at radius 3 is 2.73 bits per heavy atom. The van der Waals surface area contributed by atoms with Crippen molar-refractivity contribution in [3.63, 3.8) is 0 Å². The zero-order valence-corrected chi connectivity index (χ0v) is 10.1. The quantitative estimate of drug-likeness (QED) is 0.603. The predicted molar refractivity (Wildman–Crippen MR) is 61.5 cm³/mol. The molecule has 3 atom stereocenters. The number of aliphatic hydroxyl groups is 1. The van der Waals surface area contributed by atoms with Crippen LogP contribution in [0.5, 0.6) is 0 Å². The molecule has 0 aromatic heterocycles. The lowest BCUT2D eigenvalue weighted by atomic mass is 9.59. The third-order valence-electron chi connectivity index (χ3n) is 6.06. The van der Waals surface area contributed by atoms with Gasteiger partial charge in [0.25, 0.3) is 0 Å². The van der Waals surface area contributed by atoms with E-state index in [-0.39, 0.29) is 11.5 Å². The second kappa shape index (κ2) is 2.51. The van der Waals surface area contributed by atoms with Crippen LogP contribution in [-0.2, 0) is 0 Å². The Bertz CT molecular complexity index is 341. The van der Waals surface area contributed by atoms with Crippen LogP contribution < -0.4 is 0 Å². The molecule has 3 aliphatic rings. The minimum Gasteiger partial charge on any atom is -0.392 e. The summed E-state index contributed by atoms with van der Waals surface area (Å²) in [6.45, 7) is 6.99. The zero-order valence-electron chi connectivity index (χ0n) is 10.1. The van der Waals surface area contributed by atoms with Crippen molar-refractivity contribution in [2.75, 3.05) is 0 Å². The predicted octanol–water partition coefficient (Wildman–Crippen LogP) is 3.28. The fourth-order valence-electron chi connectivity index (χ4n) is 5.32. The molecular formula is C14H22O. The largest absolute Gasteiger partial charge is 0.392 e. The van der Waals surface area contributed by atoms with Gasteiger partial charge in [0.2, 0.25) is 0 Å². The van der Waals surface area contributed by atoms with Gasteiger partial charge in [-0.15, -0.1) is 0 Å². The Morgan fingerprint density at radius 2 is 2.07 bits per heavy atom. The molecule has 0 amide bonds. The second-order valence-corrected chi connectivity index (χ2v) is 6.60. The fraction of sp³-hybridized carbons (Fsp3) is 0.857. The summed E-state index contributed by atoms with van der Waals surface area (Å²) < 4.78 is 0. The van der Waals surface area contributed by atoms with E-state index in [2.05, 4.69) is 26.8 Å². The number of hydrogen-bond donors (Lipinski definition) is 1. The van der Waals surface area contributed by atoms with Crippen LogP contribution in [0.3, 0.4) is 0 Å². The van der Waals surface area contributed by atoms with Gasteiger partial charge in [-0.3, -0.25) is 0 Å². The molecule has 1 heteroatoms. The van der Waals surface area contributed by atoms with Gasteiger partial charge in [0.15, 0.2) is 0 Å². The van der Waals surface area contributed by atoms with E-state index in [0.29, 0.717) is 10.8 Å². The van der Waals surface area contributed by atoms with Crippen molar-refractivity contribution in [3.8, 4) is 0 Å². The fourth-order valence-corrected chi connectivity index (χ4v) is 5.32. The average molecular weight is 206 g/mol. The minimum atomic E-state index is -0.0891. The summed E-state index contributed by atoms with van der Waals surface area (Å²) in [5, 5.41) is 10.5. The molecule has 0 saturated heterocycles. The van der Waals surface area contributed by atoms with Crippen LogP contribution in [0.1, 0.15) is 52.9 Å². The molecule has 0 radical (unpaired) electrons. The van der Waals surface area contributed by atoms with Crippen molar-refractivity contribution >= 4 is 0 Å². The van der Waals surface area contributed by atoms with Gasteiger partial charge in [0.1, 0.15) is 0 Å².